The van der Waals surface area contributed by atoms with E-state index in [9.17, 15) is 13.2 Å². The summed E-state index contributed by atoms with van der Waals surface area (Å²) in [7, 11) is 0. The molecule has 0 bridgehead atoms. The number of halogens is 3. The van der Waals surface area contributed by atoms with Gasteiger partial charge in [0.15, 0.2) is 5.69 Å². The van der Waals surface area contributed by atoms with E-state index in [4.69, 9.17) is 5.26 Å². The van der Waals surface area contributed by atoms with E-state index >= 15 is 0 Å². The number of benzene rings is 1. The van der Waals surface area contributed by atoms with Crippen molar-refractivity contribution in [2.75, 3.05) is 0 Å². The number of nitrogens with one attached hydrogen (secondary N) is 1. The van der Waals surface area contributed by atoms with Crippen LogP contribution in [0.1, 0.15) is 5.69 Å². The average Bonchev–Trinajstić information content (AvgIpc) is 3.16. The van der Waals surface area contributed by atoms with Gasteiger partial charge < -0.3 is 4.74 Å². The smallest absolute Gasteiger partial charge is 0.406 e. The number of alkyl halides is 3. The van der Waals surface area contributed by atoms with Crippen LogP contribution in [0.15, 0.2) is 35.0 Å². The fourth-order valence-corrected chi connectivity index (χ4v) is 2.70. The molecule has 3 aromatic rings. The number of aromatic nitrogens is 3. The quantitative estimate of drug-likeness (QED) is 0.785. The Morgan fingerprint density at radius 3 is 2.61 bits per heavy atom. The van der Waals surface area contributed by atoms with Crippen molar-refractivity contribution in [3.8, 4) is 34.2 Å². The minimum absolute atomic E-state index is 0.0606. The Morgan fingerprint density at radius 2 is 1.96 bits per heavy atom. The lowest BCUT2D eigenvalue weighted by atomic mass is 10.0. The summed E-state index contributed by atoms with van der Waals surface area (Å²) in [5.74, 6) is -0.386. The Balaban J connectivity index is 2.14. The largest absolute Gasteiger partial charge is 0.573 e. The molecule has 0 aliphatic rings. The number of hydrogen-bond acceptors (Lipinski definition) is 5. The third-order valence-electron chi connectivity index (χ3n) is 2.93. The number of H-pyrrole nitrogens is 1. The first-order valence-electron chi connectivity index (χ1n) is 6.21. The number of nitrogens with zero attached hydrogens (tertiary/aromatic N) is 3. The zero-order valence-corrected chi connectivity index (χ0v) is 12.1. The SMILES string of the molecule is N#Cc1[nH]nnc1-c1cc(OC(F)(F)F)cc(-c2ccsc2)c1. The van der Waals surface area contributed by atoms with Crippen molar-refractivity contribution in [3.05, 3.63) is 40.7 Å². The predicted octanol–water partition coefficient (Wildman–Crippen LogP) is 3.97. The van der Waals surface area contributed by atoms with Crippen LogP contribution in [0.3, 0.4) is 0 Å². The van der Waals surface area contributed by atoms with Crippen LogP contribution < -0.4 is 4.74 Å². The fourth-order valence-electron chi connectivity index (χ4n) is 2.03. The van der Waals surface area contributed by atoms with Gasteiger partial charge in [0.25, 0.3) is 0 Å². The van der Waals surface area contributed by atoms with Gasteiger partial charge in [-0.3, -0.25) is 0 Å². The van der Waals surface area contributed by atoms with Crippen molar-refractivity contribution in [1.82, 2.24) is 15.4 Å². The monoisotopic (exact) mass is 336 g/mol. The molecule has 0 amide bonds. The maximum atomic E-state index is 12.5. The van der Waals surface area contributed by atoms with Crippen molar-refractivity contribution >= 4 is 11.3 Å². The van der Waals surface area contributed by atoms with Crippen LogP contribution in [0.25, 0.3) is 22.4 Å². The molecule has 0 saturated carbocycles. The molecule has 1 N–H and O–H groups in total. The number of ether oxygens (including phenoxy) is 1. The van der Waals surface area contributed by atoms with Crippen LogP contribution in [-0.2, 0) is 0 Å². The maximum Gasteiger partial charge on any atom is 0.573 e. The first kappa shape index (κ1) is 15.1. The summed E-state index contributed by atoms with van der Waals surface area (Å²) in [5, 5.41) is 22.3. The van der Waals surface area contributed by atoms with E-state index in [0.717, 1.165) is 5.56 Å². The summed E-state index contributed by atoms with van der Waals surface area (Å²) in [5.41, 5.74) is 1.79. The van der Waals surface area contributed by atoms with Gasteiger partial charge in [-0.05, 0) is 46.2 Å². The van der Waals surface area contributed by atoms with E-state index in [-0.39, 0.29) is 17.1 Å². The summed E-state index contributed by atoms with van der Waals surface area (Å²) in [6.45, 7) is 0. The van der Waals surface area contributed by atoms with Gasteiger partial charge in [-0.25, -0.2) is 5.10 Å². The maximum absolute atomic E-state index is 12.5. The molecular weight excluding hydrogens is 329 g/mol. The van der Waals surface area contributed by atoms with Crippen molar-refractivity contribution < 1.29 is 17.9 Å². The minimum atomic E-state index is -4.81. The molecule has 0 radical (unpaired) electrons. The first-order chi connectivity index (χ1) is 11.0. The molecule has 1 aromatic carbocycles. The highest BCUT2D eigenvalue weighted by atomic mass is 32.1. The molecule has 0 atom stereocenters. The van der Waals surface area contributed by atoms with Crippen molar-refractivity contribution in [3.63, 3.8) is 0 Å². The second-order valence-corrected chi connectivity index (χ2v) is 5.23. The molecule has 0 unspecified atom stereocenters. The van der Waals surface area contributed by atoms with Crippen molar-refractivity contribution in [2.24, 2.45) is 0 Å². The second kappa shape index (κ2) is 5.73. The third kappa shape index (κ3) is 3.32. The second-order valence-electron chi connectivity index (χ2n) is 4.45. The summed E-state index contributed by atoms with van der Waals surface area (Å²) in [6, 6.07) is 7.71. The van der Waals surface area contributed by atoms with Gasteiger partial charge in [0, 0.05) is 5.56 Å². The van der Waals surface area contributed by atoms with E-state index in [1.807, 2.05) is 11.4 Å². The summed E-state index contributed by atoms with van der Waals surface area (Å²) in [6.07, 6.45) is -4.81. The van der Waals surface area contributed by atoms with Crippen LogP contribution in [0.4, 0.5) is 13.2 Å². The highest BCUT2D eigenvalue weighted by Gasteiger charge is 2.31. The summed E-state index contributed by atoms with van der Waals surface area (Å²) in [4.78, 5) is 0. The number of aromatic amines is 1. The molecule has 116 valence electrons. The van der Waals surface area contributed by atoms with E-state index in [1.54, 1.807) is 17.5 Å². The van der Waals surface area contributed by atoms with Gasteiger partial charge >= 0.3 is 6.36 Å². The number of rotatable bonds is 3. The molecule has 23 heavy (non-hydrogen) atoms. The highest BCUT2D eigenvalue weighted by Crippen LogP contribution is 2.34. The zero-order chi connectivity index (χ0) is 16.4. The third-order valence-corrected chi connectivity index (χ3v) is 3.61. The van der Waals surface area contributed by atoms with Crippen LogP contribution in [-0.4, -0.2) is 21.8 Å². The van der Waals surface area contributed by atoms with Gasteiger partial charge in [0.1, 0.15) is 17.5 Å². The van der Waals surface area contributed by atoms with E-state index in [0.29, 0.717) is 11.1 Å². The van der Waals surface area contributed by atoms with Gasteiger partial charge in [0.05, 0.1) is 0 Å². The van der Waals surface area contributed by atoms with Crippen LogP contribution in [0.2, 0.25) is 0 Å². The molecular formula is C14H7F3N4OS. The lowest BCUT2D eigenvalue weighted by Crippen LogP contribution is -2.17. The molecule has 5 nitrogen and oxygen atoms in total. The molecule has 0 saturated heterocycles. The average molecular weight is 336 g/mol. The van der Waals surface area contributed by atoms with E-state index in [1.165, 1.54) is 23.5 Å². The highest BCUT2D eigenvalue weighted by molar-refractivity contribution is 7.08. The molecule has 2 heterocycles. The standard InChI is InChI=1S/C14H7F3N4OS/c15-14(16,17)22-11-4-9(8-1-2-23-7-8)3-10(5-11)13-12(6-18)19-21-20-13/h1-5,7H,(H,19,20,21). The number of nitriles is 1. The van der Waals surface area contributed by atoms with Gasteiger partial charge in [-0.2, -0.15) is 16.6 Å². The van der Waals surface area contributed by atoms with Crippen molar-refractivity contribution in [2.45, 2.75) is 6.36 Å². The Bertz CT molecular complexity index is 865. The number of thiophene rings is 1. The Morgan fingerprint density at radius 1 is 1.17 bits per heavy atom. The number of hydrogen-bond donors (Lipinski definition) is 1. The lowest BCUT2D eigenvalue weighted by molar-refractivity contribution is -0.274. The van der Waals surface area contributed by atoms with Crippen LogP contribution >= 0.6 is 11.3 Å². The van der Waals surface area contributed by atoms with E-state index < -0.39 is 6.36 Å². The Labute approximate surface area is 132 Å². The van der Waals surface area contributed by atoms with Gasteiger partial charge in [-0.1, -0.05) is 5.21 Å². The van der Waals surface area contributed by atoms with Gasteiger partial charge in [-0.15, -0.1) is 18.3 Å². The van der Waals surface area contributed by atoms with Gasteiger partial charge in [0.2, 0.25) is 0 Å². The molecule has 0 fully saturated rings. The Hall–Kier alpha value is -2.86. The Kier molecular flexibility index (Phi) is 3.75. The molecule has 0 spiro atoms. The summed E-state index contributed by atoms with van der Waals surface area (Å²) >= 11 is 1.41. The minimum Gasteiger partial charge on any atom is -0.406 e. The zero-order valence-electron chi connectivity index (χ0n) is 11.3. The first-order valence-corrected chi connectivity index (χ1v) is 7.15. The molecule has 0 aliphatic heterocycles. The molecule has 9 heteroatoms. The summed E-state index contributed by atoms with van der Waals surface area (Å²) < 4.78 is 41.6. The van der Waals surface area contributed by atoms with Crippen LogP contribution in [0.5, 0.6) is 5.75 Å². The molecule has 2 aromatic heterocycles. The van der Waals surface area contributed by atoms with Crippen molar-refractivity contribution in [1.29, 1.82) is 5.26 Å². The molecule has 0 aliphatic carbocycles. The lowest BCUT2D eigenvalue weighted by Gasteiger charge is -2.11. The normalized spacial score (nSPS) is 11.2. The predicted molar refractivity (Wildman–Crippen MR) is 76.5 cm³/mol. The topological polar surface area (TPSA) is 74.6 Å². The fraction of sp³-hybridized carbons (Fsp3) is 0.0714. The van der Waals surface area contributed by atoms with Crippen LogP contribution in [0, 0.1) is 11.3 Å². The van der Waals surface area contributed by atoms with E-state index in [2.05, 4.69) is 20.1 Å². The molecule has 3 rings (SSSR count).